The molecule has 1 amide bonds. The van der Waals surface area contributed by atoms with Gasteiger partial charge < -0.3 is 4.52 Å². The molecule has 0 aliphatic rings. The fraction of sp³-hybridized carbons (Fsp3) is 0.143. The number of aryl methyl sites for hydroxylation is 1. The average molecular weight is 301 g/mol. The van der Waals surface area contributed by atoms with Crippen LogP contribution >= 0.6 is 0 Å². The van der Waals surface area contributed by atoms with Gasteiger partial charge >= 0.3 is 0 Å². The molecule has 0 saturated carbocycles. The fourth-order valence-corrected chi connectivity index (χ4v) is 1.91. The van der Waals surface area contributed by atoms with E-state index in [1.165, 1.54) is 18.2 Å². The highest BCUT2D eigenvalue weighted by molar-refractivity contribution is 6.01. The number of rotatable bonds is 4. The first kappa shape index (κ1) is 13.9. The largest absolute Gasteiger partial charge is 0.361 e. The van der Waals surface area contributed by atoms with Gasteiger partial charge in [-0.15, -0.1) is 5.10 Å². The molecule has 0 radical (unpaired) electrons. The van der Waals surface area contributed by atoms with Crippen LogP contribution in [-0.2, 0) is 6.42 Å². The van der Waals surface area contributed by atoms with E-state index in [-0.39, 0.29) is 17.5 Å². The van der Waals surface area contributed by atoms with Crippen molar-refractivity contribution in [2.45, 2.75) is 13.3 Å². The highest BCUT2D eigenvalue weighted by Crippen LogP contribution is 2.10. The average Bonchev–Trinajstić information content (AvgIpc) is 3.08. The first-order valence-electron chi connectivity index (χ1n) is 6.50. The van der Waals surface area contributed by atoms with Gasteiger partial charge in [-0.25, -0.2) is 4.39 Å². The number of H-pyrrole nitrogens is 1. The Hall–Kier alpha value is -3.03. The molecule has 0 fully saturated rings. The topological polar surface area (TPSA) is 96.7 Å². The number of halogens is 1. The van der Waals surface area contributed by atoms with E-state index in [1.807, 2.05) is 0 Å². The number of carbonyl (C=O) groups excluding carboxylic acids is 1. The summed E-state index contributed by atoms with van der Waals surface area (Å²) in [5.74, 6) is 0.390. The summed E-state index contributed by atoms with van der Waals surface area (Å²) in [6.45, 7) is 1.69. The lowest BCUT2D eigenvalue weighted by Crippen LogP contribution is -2.13. The first-order valence-corrected chi connectivity index (χ1v) is 6.50. The standard InChI is InChI=1S/C14H12FN5O2/c1-8-5-11(20-22-8)13(21)17-14-16-12(18-19-14)7-9-3-2-4-10(15)6-9/h2-6H,7H2,1H3,(H2,16,17,18,19,21). The second-order valence-corrected chi connectivity index (χ2v) is 4.69. The number of hydrogen-bond acceptors (Lipinski definition) is 5. The number of nitrogens with one attached hydrogen (secondary N) is 2. The van der Waals surface area contributed by atoms with Crippen molar-refractivity contribution < 1.29 is 13.7 Å². The number of aromatic nitrogens is 4. The molecule has 0 atom stereocenters. The van der Waals surface area contributed by atoms with E-state index in [0.717, 1.165) is 5.56 Å². The summed E-state index contributed by atoms with van der Waals surface area (Å²) in [6.07, 6.45) is 0.379. The molecule has 8 heteroatoms. The Kier molecular flexibility index (Phi) is 3.65. The fourth-order valence-electron chi connectivity index (χ4n) is 1.91. The summed E-state index contributed by atoms with van der Waals surface area (Å²) >= 11 is 0. The maximum atomic E-state index is 13.1. The summed E-state index contributed by atoms with van der Waals surface area (Å²) in [4.78, 5) is 16.0. The van der Waals surface area contributed by atoms with Gasteiger partial charge in [0.2, 0.25) is 5.95 Å². The van der Waals surface area contributed by atoms with E-state index in [1.54, 1.807) is 19.1 Å². The molecule has 2 N–H and O–H groups in total. The van der Waals surface area contributed by atoms with Gasteiger partial charge in [0.05, 0.1) is 0 Å². The first-order chi connectivity index (χ1) is 10.6. The molecule has 0 spiro atoms. The van der Waals surface area contributed by atoms with Crippen molar-refractivity contribution in [2.24, 2.45) is 0 Å². The van der Waals surface area contributed by atoms with E-state index in [0.29, 0.717) is 18.0 Å². The summed E-state index contributed by atoms with van der Waals surface area (Å²) in [5, 5.41) is 12.7. The number of nitrogens with zero attached hydrogens (tertiary/aromatic N) is 3. The van der Waals surface area contributed by atoms with Crippen LogP contribution in [-0.4, -0.2) is 26.2 Å². The molecule has 0 aliphatic heterocycles. The molecule has 112 valence electrons. The van der Waals surface area contributed by atoms with Gasteiger partial charge in [0.1, 0.15) is 17.4 Å². The zero-order chi connectivity index (χ0) is 15.5. The van der Waals surface area contributed by atoms with Crippen LogP contribution in [0.3, 0.4) is 0 Å². The number of benzene rings is 1. The van der Waals surface area contributed by atoms with E-state index < -0.39 is 5.91 Å². The minimum atomic E-state index is -0.465. The van der Waals surface area contributed by atoms with E-state index in [9.17, 15) is 9.18 Å². The SMILES string of the molecule is Cc1cc(C(=O)Nc2n[nH]c(Cc3cccc(F)c3)n2)no1. The Balaban J connectivity index is 1.67. The van der Waals surface area contributed by atoms with Gasteiger partial charge in [0.15, 0.2) is 5.69 Å². The smallest absolute Gasteiger partial charge is 0.280 e. The van der Waals surface area contributed by atoms with Gasteiger partial charge in [0.25, 0.3) is 5.91 Å². The Bertz CT molecular complexity index is 811. The number of aromatic amines is 1. The van der Waals surface area contributed by atoms with E-state index in [4.69, 9.17) is 4.52 Å². The highest BCUT2D eigenvalue weighted by Gasteiger charge is 2.13. The summed E-state index contributed by atoms with van der Waals surface area (Å²) in [6, 6.07) is 7.70. The molecule has 0 unspecified atom stereocenters. The zero-order valence-corrected chi connectivity index (χ0v) is 11.6. The minimum Gasteiger partial charge on any atom is -0.361 e. The van der Waals surface area contributed by atoms with Crippen LogP contribution in [0.15, 0.2) is 34.9 Å². The number of amides is 1. The molecule has 7 nitrogen and oxygen atoms in total. The maximum absolute atomic E-state index is 13.1. The summed E-state index contributed by atoms with van der Waals surface area (Å²) in [5.41, 5.74) is 0.898. The summed E-state index contributed by atoms with van der Waals surface area (Å²) < 4.78 is 17.9. The Labute approximate surface area is 124 Å². The normalized spacial score (nSPS) is 10.6. The Morgan fingerprint density at radius 2 is 2.27 bits per heavy atom. The molecule has 3 aromatic rings. The number of anilines is 1. The lowest BCUT2D eigenvalue weighted by Gasteiger charge is -1.97. The molecule has 1 aromatic carbocycles. The molecule has 2 heterocycles. The van der Waals surface area contributed by atoms with Crippen molar-refractivity contribution >= 4 is 11.9 Å². The van der Waals surface area contributed by atoms with Gasteiger partial charge in [-0.3, -0.25) is 15.2 Å². The van der Waals surface area contributed by atoms with Crippen LogP contribution in [0.1, 0.15) is 27.6 Å². The number of hydrogen-bond donors (Lipinski definition) is 2. The number of carbonyl (C=O) groups is 1. The van der Waals surface area contributed by atoms with Crippen molar-refractivity contribution in [2.75, 3.05) is 5.32 Å². The van der Waals surface area contributed by atoms with Crippen LogP contribution in [0.5, 0.6) is 0 Å². The second-order valence-electron chi connectivity index (χ2n) is 4.69. The molecule has 0 aliphatic carbocycles. The van der Waals surface area contributed by atoms with E-state index >= 15 is 0 Å². The van der Waals surface area contributed by atoms with Crippen LogP contribution in [0.4, 0.5) is 10.3 Å². The Morgan fingerprint density at radius 1 is 1.41 bits per heavy atom. The predicted molar refractivity (Wildman–Crippen MR) is 74.8 cm³/mol. The van der Waals surface area contributed by atoms with Gasteiger partial charge in [0, 0.05) is 12.5 Å². The minimum absolute atomic E-state index is 0.122. The van der Waals surface area contributed by atoms with Crippen molar-refractivity contribution in [3.05, 3.63) is 59.0 Å². The molecular formula is C14H12FN5O2. The highest BCUT2D eigenvalue weighted by atomic mass is 19.1. The van der Waals surface area contributed by atoms with Crippen molar-refractivity contribution in [1.82, 2.24) is 20.3 Å². The van der Waals surface area contributed by atoms with Crippen LogP contribution < -0.4 is 5.32 Å². The van der Waals surface area contributed by atoms with Gasteiger partial charge in [-0.05, 0) is 24.6 Å². The van der Waals surface area contributed by atoms with E-state index in [2.05, 4.69) is 25.7 Å². The second kappa shape index (κ2) is 5.76. The van der Waals surface area contributed by atoms with Crippen molar-refractivity contribution in [3.63, 3.8) is 0 Å². The molecule has 3 rings (SSSR count). The summed E-state index contributed by atoms with van der Waals surface area (Å²) in [7, 11) is 0. The molecular weight excluding hydrogens is 289 g/mol. The van der Waals surface area contributed by atoms with Crippen LogP contribution in [0, 0.1) is 12.7 Å². The maximum Gasteiger partial charge on any atom is 0.280 e. The molecule has 2 aromatic heterocycles. The lowest BCUT2D eigenvalue weighted by atomic mass is 10.1. The third-order valence-corrected chi connectivity index (χ3v) is 2.88. The monoisotopic (exact) mass is 301 g/mol. The van der Waals surface area contributed by atoms with Gasteiger partial charge in [-0.2, -0.15) is 4.98 Å². The third-order valence-electron chi connectivity index (χ3n) is 2.88. The molecule has 0 bridgehead atoms. The molecule has 22 heavy (non-hydrogen) atoms. The lowest BCUT2D eigenvalue weighted by molar-refractivity contribution is 0.101. The van der Waals surface area contributed by atoms with Crippen molar-refractivity contribution in [3.8, 4) is 0 Å². The van der Waals surface area contributed by atoms with Crippen molar-refractivity contribution in [1.29, 1.82) is 0 Å². The molecule has 0 saturated heterocycles. The van der Waals surface area contributed by atoms with Crippen LogP contribution in [0.25, 0.3) is 0 Å². The third kappa shape index (κ3) is 3.17. The quantitative estimate of drug-likeness (QED) is 0.769. The predicted octanol–water partition coefficient (Wildman–Crippen LogP) is 2.08. The zero-order valence-electron chi connectivity index (χ0n) is 11.6. The van der Waals surface area contributed by atoms with Gasteiger partial charge in [-0.1, -0.05) is 17.3 Å². The Morgan fingerprint density at radius 3 is 3.00 bits per heavy atom. The van der Waals surface area contributed by atoms with Crippen LogP contribution in [0.2, 0.25) is 0 Å².